The summed E-state index contributed by atoms with van der Waals surface area (Å²) in [5.41, 5.74) is 2.17. The van der Waals surface area contributed by atoms with Crippen molar-refractivity contribution in [1.82, 2.24) is 0 Å². The van der Waals surface area contributed by atoms with Crippen LogP contribution in [0.25, 0.3) is 0 Å². The maximum atomic E-state index is 12.2. The minimum absolute atomic E-state index is 0.0144. The van der Waals surface area contributed by atoms with E-state index in [0.717, 1.165) is 5.56 Å². The SMILES string of the molecule is COC(=O)c1ccc(C(=O)OCc2cc(Cl)cc3c2OCOC3)cc1. The van der Waals surface area contributed by atoms with Crippen molar-refractivity contribution in [3.05, 3.63) is 63.7 Å². The molecule has 0 N–H and O–H groups in total. The molecule has 1 aliphatic heterocycles. The highest BCUT2D eigenvalue weighted by Crippen LogP contribution is 2.32. The van der Waals surface area contributed by atoms with Gasteiger partial charge in [0.15, 0.2) is 6.79 Å². The fraction of sp³-hybridized carbons (Fsp3) is 0.222. The Morgan fingerprint density at radius 2 is 1.80 bits per heavy atom. The van der Waals surface area contributed by atoms with Gasteiger partial charge in [-0.25, -0.2) is 9.59 Å². The van der Waals surface area contributed by atoms with Crippen molar-refractivity contribution in [2.75, 3.05) is 13.9 Å². The second-order valence-electron chi connectivity index (χ2n) is 5.31. The Morgan fingerprint density at radius 1 is 1.12 bits per heavy atom. The molecule has 0 saturated heterocycles. The molecule has 7 heteroatoms. The minimum atomic E-state index is -0.516. The van der Waals surface area contributed by atoms with Crippen LogP contribution in [0.3, 0.4) is 0 Å². The van der Waals surface area contributed by atoms with Gasteiger partial charge >= 0.3 is 11.9 Å². The van der Waals surface area contributed by atoms with Gasteiger partial charge in [-0.05, 0) is 36.4 Å². The van der Waals surface area contributed by atoms with Crippen LogP contribution in [-0.4, -0.2) is 25.8 Å². The van der Waals surface area contributed by atoms with Crippen LogP contribution >= 0.6 is 11.6 Å². The molecule has 0 unspecified atom stereocenters. The summed E-state index contributed by atoms with van der Waals surface area (Å²) in [6, 6.07) is 9.47. The van der Waals surface area contributed by atoms with Crippen molar-refractivity contribution in [1.29, 1.82) is 0 Å². The van der Waals surface area contributed by atoms with E-state index in [2.05, 4.69) is 4.74 Å². The Bertz CT molecular complexity index is 800. The highest BCUT2D eigenvalue weighted by molar-refractivity contribution is 6.30. The Hall–Kier alpha value is -2.57. The molecule has 2 aromatic carbocycles. The van der Waals surface area contributed by atoms with E-state index in [0.29, 0.717) is 34.1 Å². The molecular weight excluding hydrogens is 348 g/mol. The van der Waals surface area contributed by atoms with Gasteiger partial charge < -0.3 is 18.9 Å². The third-order valence-corrected chi connectivity index (χ3v) is 3.87. The Morgan fingerprint density at radius 3 is 2.48 bits per heavy atom. The maximum Gasteiger partial charge on any atom is 0.338 e. The summed E-state index contributed by atoms with van der Waals surface area (Å²) in [6.45, 7) is 0.552. The van der Waals surface area contributed by atoms with Crippen molar-refractivity contribution in [2.45, 2.75) is 13.2 Å². The summed E-state index contributed by atoms with van der Waals surface area (Å²) in [4.78, 5) is 23.6. The molecule has 130 valence electrons. The van der Waals surface area contributed by atoms with Crippen molar-refractivity contribution in [2.24, 2.45) is 0 Å². The molecule has 0 radical (unpaired) electrons. The van der Waals surface area contributed by atoms with E-state index < -0.39 is 11.9 Å². The van der Waals surface area contributed by atoms with Gasteiger partial charge in [0.2, 0.25) is 0 Å². The number of benzene rings is 2. The van der Waals surface area contributed by atoms with Crippen LogP contribution in [0.5, 0.6) is 5.75 Å². The highest BCUT2D eigenvalue weighted by Gasteiger charge is 2.18. The average molecular weight is 363 g/mol. The van der Waals surface area contributed by atoms with Gasteiger partial charge in [-0.1, -0.05) is 11.6 Å². The number of hydrogen-bond acceptors (Lipinski definition) is 6. The molecule has 0 fully saturated rings. The Balaban J connectivity index is 1.70. The van der Waals surface area contributed by atoms with Gasteiger partial charge in [0.05, 0.1) is 24.8 Å². The summed E-state index contributed by atoms with van der Waals surface area (Å²) in [6.07, 6.45) is 0. The largest absolute Gasteiger partial charge is 0.467 e. The summed E-state index contributed by atoms with van der Waals surface area (Å²) in [5.74, 6) is -0.355. The van der Waals surface area contributed by atoms with Crippen LogP contribution < -0.4 is 4.74 Å². The number of ether oxygens (including phenoxy) is 4. The molecule has 25 heavy (non-hydrogen) atoms. The summed E-state index contributed by atoms with van der Waals surface area (Å²) in [7, 11) is 1.29. The zero-order valence-corrected chi connectivity index (χ0v) is 14.2. The summed E-state index contributed by atoms with van der Waals surface area (Å²) >= 11 is 6.08. The van der Waals surface area contributed by atoms with Gasteiger partial charge in [0, 0.05) is 16.1 Å². The zero-order valence-electron chi connectivity index (χ0n) is 13.4. The lowest BCUT2D eigenvalue weighted by Gasteiger charge is -2.21. The van der Waals surface area contributed by atoms with E-state index in [1.54, 1.807) is 12.1 Å². The van der Waals surface area contributed by atoms with E-state index in [1.165, 1.54) is 31.4 Å². The van der Waals surface area contributed by atoms with Crippen LogP contribution in [0.4, 0.5) is 0 Å². The van der Waals surface area contributed by atoms with Crippen molar-refractivity contribution in [3.8, 4) is 5.75 Å². The van der Waals surface area contributed by atoms with Crippen molar-refractivity contribution < 1.29 is 28.5 Å². The van der Waals surface area contributed by atoms with Gasteiger partial charge in [0.1, 0.15) is 12.4 Å². The van der Waals surface area contributed by atoms with Crippen LogP contribution in [0.2, 0.25) is 5.02 Å². The van der Waals surface area contributed by atoms with Gasteiger partial charge in [-0.3, -0.25) is 0 Å². The van der Waals surface area contributed by atoms with Crippen LogP contribution in [0, 0.1) is 0 Å². The van der Waals surface area contributed by atoms with E-state index >= 15 is 0 Å². The molecule has 3 rings (SSSR count). The number of methoxy groups -OCH3 is 1. The first kappa shape index (κ1) is 17.3. The topological polar surface area (TPSA) is 71.1 Å². The van der Waals surface area contributed by atoms with E-state index in [1.807, 2.05) is 0 Å². The average Bonchev–Trinajstić information content (AvgIpc) is 2.65. The fourth-order valence-corrected chi connectivity index (χ4v) is 2.71. The monoisotopic (exact) mass is 362 g/mol. The molecule has 0 aliphatic carbocycles. The van der Waals surface area contributed by atoms with E-state index in [-0.39, 0.29) is 13.4 Å². The minimum Gasteiger partial charge on any atom is -0.467 e. The van der Waals surface area contributed by atoms with Crippen molar-refractivity contribution in [3.63, 3.8) is 0 Å². The number of halogens is 1. The fourth-order valence-electron chi connectivity index (χ4n) is 2.45. The number of carbonyl (C=O) groups excluding carboxylic acids is 2. The highest BCUT2D eigenvalue weighted by atomic mass is 35.5. The lowest BCUT2D eigenvalue weighted by Crippen LogP contribution is -2.14. The number of carbonyl (C=O) groups is 2. The standard InChI is InChI=1S/C18H15ClO6/c1-22-17(20)11-2-4-12(5-3-11)18(21)24-9-14-7-15(19)6-13-8-23-10-25-16(13)14/h2-7H,8-10H2,1H3. The normalized spacial score (nSPS) is 12.7. The third-order valence-electron chi connectivity index (χ3n) is 3.65. The first-order valence-corrected chi connectivity index (χ1v) is 7.83. The lowest BCUT2D eigenvalue weighted by atomic mass is 10.1. The molecule has 1 aliphatic rings. The van der Waals surface area contributed by atoms with Crippen LogP contribution in [0.15, 0.2) is 36.4 Å². The Kier molecular flexibility index (Phi) is 5.21. The molecule has 2 aromatic rings. The van der Waals surface area contributed by atoms with E-state index in [9.17, 15) is 9.59 Å². The first-order valence-electron chi connectivity index (χ1n) is 7.46. The molecule has 0 amide bonds. The molecule has 0 atom stereocenters. The molecule has 0 spiro atoms. The number of esters is 2. The van der Waals surface area contributed by atoms with Gasteiger partial charge in [-0.2, -0.15) is 0 Å². The molecule has 1 heterocycles. The number of fused-ring (bicyclic) bond motifs is 1. The number of hydrogen-bond donors (Lipinski definition) is 0. The smallest absolute Gasteiger partial charge is 0.338 e. The van der Waals surface area contributed by atoms with E-state index in [4.69, 9.17) is 25.8 Å². The van der Waals surface area contributed by atoms with Gasteiger partial charge in [0.25, 0.3) is 0 Å². The van der Waals surface area contributed by atoms with Crippen LogP contribution in [0.1, 0.15) is 31.8 Å². The van der Waals surface area contributed by atoms with Gasteiger partial charge in [-0.15, -0.1) is 0 Å². The second kappa shape index (κ2) is 7.55. The molecule has 0 bridgehead atoms. The Labute approximate surface area is 149 Å². The predicted octanol–water partition coefficient (Wildman–Crippen LogP) is 3.35. The van der Waals surface area contributed by atoms with Crippen molar-refractivity contribution >= 4 is 23.5 Å². The first-order chi connectivity index (χ1) is 12.1. The second-order valence-corrected chi connectivity index (χ2v) is 5.75. The summed E-state index contributed by atoms with van der Waals surface area (Å²) in [5, 5.41) is 0.515. The number of rotatable bonds is 4. The molecular formula is C18H15ClO6. The molecule has 6 nitrogen and oxygen atoms in total. The third kappa shape index (κ3) is 3.92. The maximum absolute atomic E-state index is 12.2. The summed E-state index contributed by atoms with van der Waals surface area (Å²) < 4.78 is 20.6. The molecule has 0 saturated carbocycles. The van der Waals surface area contributed by atoms with Crippen LogP contribution in [-0.2, 0) is 27.4 Å². The lowest BCUT2D eigenvalue weighted by molar-refractivity contribution is -0.0180. The quantitative estimate of drug-likeness (QED) is 0.777. The zero-order chi connectivity index (χ0) is 17.8. The predicted molar refractivity (Wildman–Crippen MR) is 88.6 cm³/mol. The molecule has 0 aromatic heterocycles.